The van der Waals surface area contributed by atoms with Crippen LogP contribution in [0.4, 0.5) is 5.95 Å². The van der Waals surface area contributed by atoms with E-state index in [0.717, 1.165) is 42.3 Å². The van der Waals surface area contributed by atoms with Gasteiger partial charge in [-0.2, -0.15) is 5.10 Å². The number of fused-ring (bicyclic) bond motifs is 7. The number of hydrogen-bond donors (Lipinski definition) is 1. The van der Waals surface area contributed by atoms with E-state index in [2.05, 4.69) is 22.0 Å². The van der Waals surface area contributed by atoms with Gasteiger partial charge in [-0.25, -0.2) is 9.67 Å². The molecule has 3 aromatic heterocycles. The molecule has 4 aromatic rings. The van der Waals surface area contributed by atoms with Gasteiger partial charge in [0.1, 0.15) is 17.4 Å². The van der Waals surface area contributed by atoms with Crippen LogP contribution in [0.1, 0.15) is 41.7 Å². The summed E-state index contributed by atoms with van der Waals surface area (Å²) in [6.45, 7) is 7.75. The van der Waals surface area contributed by atoms with Gasteiger partial charge in [-0.05, 0) is 56.5 Å². The van der Waals surface area contributed by atoms with Gasteiger partial charge in [-0.1, -0.05) is 12.6 Å². The minimum atomic E-state index is -0.286. The Balaban J connectivity index is 1.36. The highest BCUT2D eigenvalue weighted by Crippen LogP contribution is 2.33. The summed E-state index contributed by atoms with van der Waals surface area (Å²) in [6.07, 6.45) is 6.26. The molecular formula is C30H33N7O4. The summed E-state index contributed by atoms with van der Waals surface area (Å²) >= 11 is 0. The van der Waals surface area contributed by atoms with Crippen LogP contribution < -0.4 is 14.8 Å². The standard InChI is InChI=1S/C30H33N7O4/c1-4-26(38)36-13-11-21(18-36)41-25-10-8-9-23-27(25)37-12-6-5-7-14-40-29-22(17-31-35(29)3)24-16-20(15-19(2)32-24)28(39)34-30(37)33-23/h4,8-10,15-17,21H,1,5-7,11-14,18H2,2-3H3,(H,33,34,39). The van der Waals surface area contributed by atoms with E-state index in [1.54, 1.807) is 27.9 Å². The molecule has 0 aliphatic carbocycles. The summed E-state index contributed by atoms with van der Waals surface area (Å²) in [5.74, 6) is 1.39. The van der Waals surface area contributed by atoms with Gasteiger partial charge in [0.05, 0.1) is 36.1 Å². The Morgan fingerprint density at radius 3 is 2.93 bits per heavy atom. The second kappa shape index (κ2) is 11.1. The fraction of sp³-hybridized carbons (Fsp3) is 0.367. The van der Waals surface area contributed by atoms with Crippen molar-refractivity contribution in [2.45, 2.75) is 45.3 Å². The molecule has 1 fully saturated rings. The zero-order chi connectivity index (χ0) is 28.5. The van der Waals surface area contributed by atoms with E-state index < -0.39 is 0 Å². The molecule has 1 saturated heterocycles. The smallest absolute Gasteiger partial charge is 0.258 e. The molecule has 41 heavy (non-hydrogen) atoms. The number of aryl methyl sites for hydroxylation is 3. The number of anilines is 1. The third-order valence-corrected chi connectivity index (χ3v) is 7.52. The van der Waals surface area contributed by atoms with E-state index >= 15 is 0 Å². The number of imidazole rings is 1. The molecule has 0 saturated carbocycles. The highest BCUT2D eigenvalue weighted by molar-refractivity contribution is 6.05. The van der Waals surface area contributed by atoms with E-state index in [1.165, 1.54) is 6.08 Å². The lowest BCUT2D eigenvalue weighted by molar-refractivity contribution is -0.125. The van der Waals surface area contributed by atoms with Crippen molar-refractivity contribution in [3.63, 3.8) is 0 Å². The molecule has 2 aliphatic rings. The summed E-state index contributed by atoms with van der Waals surface area (Å²) < 4.78 is 16.3. The minimum Gasteiger partial charge on any atom is -0.486 e. The minimum absolute atomic E-state index is 0.0915. The van der Waals surface area contributed by atoms with Crippen LogP contribution in [-0.2, 0) is 18.4 Å². The average Bonchev–Trinajstić information content (AvgIpc) is 3.67. The first-order chi connectivity index (χ1) is 19.9. The van der Waals surface area contributed by atoms with Gasteiger partial charge in [0, 0.05) is 37.8 Å². The topological polar surface area (TPSA) is 116 Å². The van der Waals surface area contributed by atoms with Gasteiger partial charge in [-0.15, -0.1) is 0 Å². The number of nitrogens with zero attached hydrogens (tertiary/aromatic N) is 6. The summed E-state index contributed by atoms with van der Waals surface area (Å²) in [5.41, 5.74) is 4.08. The van der Waals surface area contributed by atoms with Gasteiger partial charge in [0.15, 0.2) is 0 Å². The quantitative estimate of drug-likeness (QED) is 0.378. The molecular weight excluding hydrogens is 522 g/mol. The van der Waals surface area contributed by atoms with E-state index in [-0.39, 0.29) is 17.9 Å². The van der Waals surface area contributed by atoms with Crippen molar-refractivity contribution in [3.8, 4) is 22.9 Å². The van der Waals surface area contributed by atoms with Crippen LogP contribution in [0.3, 0.4) is 0 Å². The fourth-order valence-corrected chi connectivity index (χ4v) is 5.50. The van der Waals surface area contributed by atoms with Crippen LogP contribution in [0.15, 0.2) is 49.2 Å². The third kappa shape index (κ3) is 5.27. The third-order valence-electron chi connectivity index (χ3n) is 7.52. The Labute approximate surface area is 237 Å². The second-order valence-electron chi connectivity index (χ2n) is 10.5. The predicted molar refractivity (Wildman–Crippen MR) is 154 cm³/mol. The van der Waals surface area contributed by atoms with Crippen molar-refractivity contribution >= 4 is 28.8 Å². The van der Waals surface area contributed by atoms with Crippen molar-refractivity contribution in [2.75, 3.05) is 25.0 Å². The monoisotopic (exact) mass is 555 g/mol. The maximum Gasteiger partial charge on any atom is 0.258 e. The molecule has 2 aliphatic heterocycles. The van der Waals surface area contributed by atoms with Crippen molar-refractivity contribution in [1.29, 1.82) is 0 Å². The van der Waals surface area contributed by atoms with Crippen LogP contribution in [0.25, 0.3) is 22.3 Å². The highest BCUT2D eigenvalue weighted by Gasteiger charge is 2.28. The summed E-state index contributed by atoms with van der Waals surface area (Å²) in [5, 5.41) is 7.41. The van der Waals surface area contributed by atoms with Crippen molar-refractivity contribution < 1.29 is 19.1 Å². The van der Waals surface area contributed by atoms with Gasteiger partial charge >= 0.3 is 0 Å². The number of likely N-dealkylation sites (tertiary alicyclic amines) is 1. The number of hydrogen-bond acceptors (Lipinski definition) is 7. The summed E-state index contributed by atoms with van der Waals surface area (Å²) in [4.78, 5) is 36.9. The number of para-hydroxylation sites is 1. The number of ether oxygens (including phenoxy) is 2. The lowest BCUT2D eigenvalue weighted by Gasteiger charge is -2.17. The Hall–Kier alpha value is -4.67. The zero-order valence-corrected chi connectivity index (χ0v) is 23.3. The summed E-state index contributed by atoms with van der Waals surface area (Å²) in [6, 6.07) is 9.25. The number of nitrogens with one attached hydrogen (secondary N) is 1. The Morgan fingerprint density at radius 2 is 2.07 bits per heavy atom. The first-order valence-corrected chi connectivity index (χ1v) is 13.9. The molecule has 1 N–H and O–H groups in total. The normalized spacial score (nSPS) is 17.6. The Bertz CT molecular complexity index is 1640. The lowest BCUT2D eigenvalue weighted by Crippen LogP contribution is -2.29. The number of benzene rings is 1. The average molecular weight is 556 g/mol. The largest absolute Gasteiger partial charge is 0.486 e. The van der Waals surface area contributed by atoms with Crippen LogP contribution >= 0.6 is 0 Å². The van der Waals surface area contributed by atoms with E-state index in [9.17, 15) is 9.59 Å². The van der Waals surface area contributed by atoms with Gasteiger partial charge < -0.3 is 18.9 Å². The van der Waals surface area contributed by atoms with E-state index in [4.69, 9.17) is 14.5 Å². The van der Waals surface area contributed by atoms with Crippen molar-refractivity contribution in [3.05, 3.63) is 60.4 Å². The van der Waals surface area contributed by atoms with Crippen molar-refractivity contribution in [2.24, 2.45) is 7.05 Å². The van der Waals surface area contributed by atoms with E-state index in [1.807, 2.05) is 36.7 Å². The van der Waals surface area contributed by atoms with Crippen LogP contribution in [-0.4, -0.2) is 66.8 Å². The van der Waals surface area contributed by atoms with E-state index in [0.29, 0.717) is 60.8 Å². The summed E-state index contributed by atoms with van der Waals surface area (Å²) in [7, 11) is 1.83. The second-order valence-corrected chi connectivity index (χ2v) is 10.5. The molecule has 11 nitrogen and oxygen atoms in total. The molecule has 6 rings (SSSR count). The molecule has 1 atom stereocenters. The number of aromatic nitrogens is 5. The Kier molecular flexibility index (Phi) is 7.17. The van der Waals surface area contributed by atoms with Crippen molar-refractivity contribution in [1.82, 2.24) is 29.2 Å². The van der Waals surface area contributed by atoms with Gasteiger partial charge in [0.2, 0.25) is 17.7 Å². The molecule has 1 unspecified atom stereocenters. The molecule has 212 valence electrons. The maximum atomic E-state index is 13.6. The zero-order valence-electron chi connectivity index (χ0n) is 23.3. The molecule has 11 heteroatoms. The molecule has 0 radical (unpaired) electrons. The number of pyridine rings is 1. The first kappa shape index (κ1) is 26.5. The number of carbonyl (C=O) groups excluding carboxylic acids is 2. The molecule has 5 heterocycles. The van der Waals surface area contributed by atoms with Crippen LogP contribution in [0.2, 0.25) is 0 Å². The van der Waals surface area contributed by atoms with Crippen LogP contribution in [0, 0.1) is 6.92 Å². The molecule has 2 bridgehead atoms. The first-order valence-electron chi connectivity index (χ1n) is 13.9. The predicted octanol–water partition coefficient (Wildman–Crippen LogP) is 4.12. The SMILES string of the molecule is C=CC(=O)N1CCC(Oc2cccc3nc4n(c23)CCCCCOc2c(cnn2C)-c2cc(cc(C)n2)C(=O)N4)C1. The number of rotatable bonds is 3. The lowest BCUT2D eigenvalue weighted by atomic mass is 10.1. The van der Waals surface area contributed by atoms with Gasteiger partial charge in [0.25, 0.3) is 5.91 Å². The molecule has 1 aromatic carbocycles. The number of carbonyl (C=O) groups is 2. The Morgan fingerprint density at radius 1 is 1.20 bits per heavy atom. The fourth-order valence-electron chi connectivity index (χ4n) is 5.50. The molecule has 0 spiro atoms. The number of amides is 2. The van der Waals surface area contributed by atoms with Gasteiger partial charge in [-0.3, -0.25) is 19.9 Å². The molecule has 2 amide bonds. The maximum absolute atomic E-state index is 13.6. The van der Waals surface area contributed by atoms with Crippen LogP contribution in [0.5, 0.6) is 11.6 Å². The highest BCUT2D eigenvalue weighted by atomic mass is 16.5.